The van der Waals surface area contributed by atoms with Gasteiger partial charge in [-0.3, -0.25) is 4.79 Å². The summed E-state index contributed by atoms with van der Waals surface area (Å²) in [6.45, 7) is 4.04. The van der Waals surface area contributed by atoms with E-state index in [2.05, 4.69) is 4.57 Å². The second-order valence-corrected chi connectivity index (χ2v) is 7.88. The second kappa shape index (κ2) is 9.90. The summed E-state index contributed by atoms with van der Waals surface area (Å²) in [5.41, 5.74) is 6.00. The Bertz CT molecular complexity index is 1030. The van der Waals surface area contributed by atoms with Crippen LogP contribution in [0, 0.1) is 19.7 Å². The molecule has 0 fully saturated rings. The highest BCUT2D eigenvalue weighted by Crippen LogP contribution is 2.35. The Labute approximate surface area is 181 Å². The number of hydrogen-bond donors (Lipinski definition) is 3. The summed E-state index contributed by atoms with van der Waals surface area (Å²) in [6.07, 6.45) is -1.36. The fourth-order valence-corrected chi connectivity index (χ4v) is 4.20. The molecule has 0 spiro atoms. The SMILES string of the molecule is Cc1c(CC[C@@H](O)C[C@@H](O)CC(=O)O)c(-c2ccc(F)cc2)c(C)n1-c1ccccc1. The highest BCUT2D eigenvalue weighted by Gasteiger charge is 2.22. The molecule has 3 rings (SSSR count). The molecule has 0 amide bonds. The monoisotopic (exact) mass is 425 g/mol. The van der Waals surface area contributed by atoms with Crippen LogP contribution in [0.15, 0.2) is 54.6 Å². The van der Waals surface area contributed by atoms with Crippen molar-refractivity contribution < 1.29 is 24.5 Å². The lowest BCUT2D eigenvalue weighted by molar-refractivity contribution is -0.139. The molecule has 1 heterocycles. The quantitative estimate of drug-likeness (QED) is 0.474. The maximum absolute atomic E-state index is 13.5. The summed E-state index contributed by atoms with van der Waals surface area (Å²) >= 11 is 0. The van der Waals surface area contributed by atoms with Crippen molar-refractivity contribution >= 4 is 5.97 Å². The summed E-state index contributed by atoms with van der Waals surface area (Å²) in [6, 6.07) is 16.3. The van der Waals surface area contributed by atoms with Crippen molar-refractivity contribution in [2.24, 2.45) is 0 Å². The summed E-state index contributed by atoms with van der Waals surface area (Å²) in [5, 5.41) is 29.0. The van der Waals surface area contributed by atoms with E-state index in [-0.39, 0.29) is 18.7 Å². The van der Waals surface area contributed by atoms with Crippen molar-refractivity contribution in [3.63, 3.8) is 0 Å². The number of carboxylic acid groups (broad SMARTS) is 1. The van der Waals surface area contributed by atoms with E-state index >= 15 is 0 Å². The van der Waals surface area contributed by atoms with Crippen molar-refractivity contribution in [3.8, 4) is 16.8 Å². The number of para-hydroxylation sites is 1. The molecule has 0 aliphatic carbocycles. The van der Waals surface area contributed by atoms with Crippen LogP contribution in [0.5, 0.6) is 0 Å². The average molecular weight is 426 g/mol. The van der Waals surface area contributed by atoms with Gasteiger partial charge in [-0.15, -0.1) is 0 Å². The number of halogens is 1. The molecule has 0 saturated carbocycles. The lowest BCUT2D eigenvalue weighted by Crippen LogP contribution is -2.21. The molecule has 0 unspecified atom stereocenters. The molecule has 0 bridgehead atoms. The molecule has 164 valence electrons. The maximum atomic E-state index is 13.5. The third-order valence-electron chi connectivity index (χ3n) is 5.60. The molecule has 3 aromatic rings. The minimum absolute atomic E-state index is 0.00953. The molecule has 0 saturated heterocycles. The summed E-state index contributed by atoms with van der Waals surface area (Å²) in [5.74, 6) is -1.39. The molecule has 2 aromatic carbocycles. The van der Waals surface area contributed by atoms with E-state index in [9.17, 15) is 19.4 Å². The number of aliphatic hydroxyl groups is 2. The van der Waals surface area contributed by atoms with Gasteiger partial charge in [0.25, 0.3) is 0 Å². The van der Waals surface area contributed by atoms with Gasteiger partial charge in [-0.25, -0.2) is 4.39 Å². The van der Waals surface area contributed by atoms with Crippen molar-refractivity contribution in [1.82, 2.24) is 4.57 Å². The smallest absolute Gasteiger partial charge is 0.305 e. The molecule has 1 aromatic heterocycles. The molecular formula is C25H28FNO4. The number of aromatic nitrogens is 1. The number of hydrogen-bond acceptors (Lipinski definition) is 3. The van der Waals surface area contributed by atoms with Gasteiger partial charge in [0.1, 0.15) is 5.82 Å². The van der Waals surface area contributed by atoms with E-state index < -0.39 is 18.2 Å². The number of carbonyl (C=O) groups is 1. The maximum Gasteiger partial charge on any atom is 0.305 e. The topological polar surface area (TPSA) is 82.7 Å². The Balaban J connectivity index is 1.94. The van der Waals surface area contributed by atoms with Crippen LogP contribution in [-0.2, 0) is 11.2 Å². The van der Waals surface area contributed by atoms with E-state index in [4.69, 9.17) is 5.11 Å². The van der Waals surface area contributed by atoms with Crippen molar-refractivity contribution in [2.75, 3.05) is 0 Å². The van der Waals surface area contributed by atoms with Crippen molar-refractivity contribution in [2.45, 2.75) is 51.7 Å². The second-order valence-electron chi connectivity index (χ2n) is 7.88. The van der Waals surface area contributed by atoms with Crippen molar-refractivity contribution in [1.29, 1.82) is 0 Å². The minimum atomic E-state index is -1.09. The number of rotatable bonds is 9. The zero-order chi connectivity index (χ0) is 22.5. The van der Waals surface area contributed by atoms with Crippen LogP contribution in [0.2, 0.25) is 0 Å². The van der Waals surface area contributed by atoms with Crippen LogP contribution in [-0.4, -0.2) is 38.1 Å². The molecule has 0 radical (unpaired) electrons. The van der Waals surface area contributed by atoms with Gasteiger partial charge in [0.05, 0.1) is 18.6 Å². The first kappa shape index (κ1) is 22.7. The predicted octanol–water partition coefficient (Wildman–Crippen LogP) is 4.42. The summed E-state index contributed by atoms with van der Waals surface area (Å²) in [7, 11) is 0. The number of aliphatic carboxylic acids is 1. The lowest BCUT2D eigenvalue weighted by Gasteiger charge is -2.15. The van der Waals surface area contributed by atoms with E-state index in [0.717, 1.165) is 33.8 Å². The van der Waals surface area contributed by atoms with Crippen LogP contribution < -0.4 is 0 Å². The highest BCUT2D eigenvalue weighted by atomic mass is 19.1. The van der Waals surface area contributed by atoms with Crippen LogP contribution in [0.4, 0.5) is 4.39 Å². The van der Waals surface area contributed by atoms with E-state index in [1.165, 1.54) is 12.1 Å². The Morgan fingerprint density at radius 1 is 0.968 bits per heavy atom. The number of carboxylic acids is 1. The first-order valence-electron chi connectivity index (χ1n) is 10.4. The molecular weight excluding hydrogens is 397 g/mol. The van der Waals surface area contributed by atoms with Crippen LogP contribution in [0.25, 0.3) is 16.8 Å². The first-order chi connectivity index (χ1) is 14.8. The van der Waals surface area contributed by atoms with Gasteiger partial charge >= 0.3 is 5.97 Å². The first-order valence-corrected chi connectivity index (χ1v) is 10.4. The van der Waals surface area contributed by atoms with Crippen LogP contribution >= 0.6 is 0 Å². The molecule has 5 nitrogen and oxygen atoms in total. The number of benzene rings is 2. The van der Waals surface area contributed by atoms with Gasteiger partial charge in [-0.2, -0.15) is 0 Å². The van der Waals surface area contributed by atoms with Gasteiger partial charge in [0, 0.05) is 22.6 Å². The molecule has 31 heavy (non-hydrogen) atoms. The van der Waals surface area contributed by atoms with Gasteiger partial charge < -0.3 is 19.9 Å². The van der Waals surface area contributed by atoms with Crippen molar-refractivity contribution in [3.05, 3.63) is 77.4 Å². The van der Waals surface area contributed by atoms with Gasteiger partial charge in [0.2, 0.25) is 0 Å². The van der Waals surface area contributed by atoms with Gasteiger partial charge in [-0.1, -0.05) is 30.3 Å². The van der Waals surface area contributed by atoms with Crippen LogP contribution in [0.3, 0.4) is 0 Å². The number of nitrogens with zero attached hydrogens (tertiary/aromatic N) is 1. The Morgan fingerprint density at radius 3 is 2.23 bits per heavy atom. The third kappa shape index (κ3) is 5.40. The van der Waals surface area contributed by atoms with Gasteiger partial charge in [0.15, 0.2) is 0 Å². The minimum Gasteiger partial charge on any atom is -0.481 e. The zero-order valence-electron chi connectivity index (χ0n) is 17.8. The molecule has 0 aliphatic heterocycles. The van der Waals surface area contributed by atoms with E-state index in [0.29, 0.717) is 12.8 Å². The normalized spacial score (nSPS) is 13.2. The predicted molar refractivity (Wildman–Crippen MR) is 118 cm³/mol. The van der Waals surface area contributed by atoms with Gasteiger partial charge in [-0.05, 0) is 68.5 Å². The zero-order valence-corrected chi connectivity index (χ0v) is 17.8. The molecule has 3 N–H and O–H groups in total. The van der Waals surface area contributed by atoms with Crippen LogP contribution in [0.1, 0.15) is 36.2 Å². The highest BCUT2D eigenvalue weighted by molar-refractivity contribution is 5.73. The molecule has 2 atom stereocenters. The largest absolute Gasteiger partial charge is 0.481 e. The summed E-state index contributed by atoms with van der Waals surface area (Å²) in [4.78, 5) is 10.7. The van der Waals surface area contributed by atoms with E-state index in [1.54, 1.807) is 12.1 Å². The molecule has 0 aliphatic rings. The Hall–Kier alpha value is -2.96. The Kier molecular flexibility index (Phi) is 7.25. The molecule has 6 heteroatoms. The number of aliphatic hydroxyl groups excluding tert-OH is 2. The lowest BCUT2D eigenvalue weighted by atomic mass is 9.95. The Morgan fingerprint density at radius 2 is 1.61 bits per heavy atom. The fourth-order valence-electron chi connectivity index (χ4n) is 4.20. The summed E-state index contributed by atoms with van der Waals surface area (Å²) < 4.78 is 15.7. The third-order valence-corrected chi connectivity index (χ3v) is 5.60. The average Bonchev–Trinajstić information content (AvgIpc) is 2.96. The fraction of sp³-hybridized carbons (Fsp3) is 0.320. The standard InChI is InChI=1S/C25H28FNO4/c1-16-23(13-12-21(28)14-22(29)15-24(30)31)25(18-8-10-19(26)11-9-18)17(2)27(16)20-6-4-3-5-7-20/h3-11,21-22,28-29H,12-15H2,1-2H3,(H,30,31)/t21-,22-/m1/s1. The van der Waals surface area contributed by atoms with E-state index in [1.807, 2.05) is 44.2 Å².